The Morgan fingerprint density at radius 1 is 0.760 bits per heavy atom. The maximum atomic E-state index is 11.1. The first-order valence-electron chi connectivity index (χ1n) is 10.6. The van der Waals surface area contributed by atoms with Crippen molar-refractivity contribution in [1.82, 2.24) is 0 Å². The third-order valence-corrected chi connectivity index (χ3v) is 5.62. The van der Waals surface area contributed by atoms with Gasteiger partial charge in [0.25, 0.3) is 0 Å². The number of hydrogen-bond donors (Lipinski definition) is 1. The number of carboxylic acid groups (broad SMARTS) is 1. The van der Waals surface area contributed by atoms with Crippen LogP contribution in [-0.4, -0.2) is 11.1 Å². The van der Waals surface area contributed by atoms with Crippen LogP contribution in [0.15, 0.2) is 34.9 Å². The molecule has 0 amide bonds. The first-order valence-corrected chi connectivity index (χ1v) is 10.6. The van der Waals surface area contributed by atoms with Gasteiger partial charge in [-0.15, -0.1) is 0 Å². The van der Waals surface area contributed by atoms with Crippen LogP contribution >= 0.6 is 0 Å². The minimum absolute atomic E-state index is 0.830. The minimum Gasteiger partial charge on any atom is -0.478 e. The molecule has 2 aliphatic rings. The van der Waals surface area contributed by atoms with Gasteiger partial charge in [0.1, 0.15) is 0 Å². The second-order valence-electron chi connectivity index (χ2n) is 7.69. The Balaban J connectivity index is 2.28. The van der Waals surface area contributed by atoms with Crippen LogP contribution in [0, 0.1) is 0 Å². The van der Waals surface area contributed by atoms with Gasteiger partial charge in [0.05, 0.1) is 0 Å². The van der Waals surface area contributed by atoms with Crippen molar-refractivity contribution in [2.75, 3.05) is 0 Å². The summed E-state index contributed by atoms with van der Waals surface area (Å²) >= 11 is 0. The molecule has 0 unspecified atom stereocenters. The number of carbonyl (C=O) groups is 1. The van der Waals surface area contributed by atoms with Crippen molar-refractivity contribution in [3.8, 4) is 0 Å². The lowest BCUT2D eigenvalue weighted by Crippen LogP contribution is -2.01. The van der Waals surface area contributed by atoms with E-state index in [4.69, 9.17) is 5.11 Å². The molecule has 2 nitrogen and oxygen atoms in total. The molecule has 2 heteroatoms. The summed E-state index contributed by atoms with van der Waals surface area (Å²) in [6.07, 6.45) is 26.0. The van der Waals surface area contributed by atoms with Crippen LogP contribution in [-0.2, 0) is 4.79 Å². The van der Waals surface area contributed by atoms with Crippen molar-refractivity contribution < 1.29 is 9.90 Å². The maximum absolute atomic E-state index is 11.1. The molecule has 0 aromatic rings. The Bertz CT molecular complexity index is 496. The normalized spacial score (nSPS) is 27.4. The van der Waals surface area contributed by atoms with Crippen LogP contribution in [0.4, 0.5) is 0 Å². The zero-order valence-electron chi connectivity index (χ0n) is 15.9. The Hall–Kier alpha value is -1.31. The van der Waals surface area contributed by atoms with E-state index in [1.54, 1.807) is 0 Å². The third-order valence-electron chi connectivity index (χ3n) is 5.62. The Morgan fingerprint density at radius 3 is 2.00 bits per heavy atom. The maximum Gasteiger partial charge on any atom is 0.328 e. The SMILES string of the molecule is O=C(O)C=C/C1=C(\C2=C/CCCCCCCC2)CCCCCCCC1. The average molecular weight is 345 g/mol. The van der Waals surface area contributed by atoms with Crippen molar-refractivity contribution in [1.29, 1.82) is 0 Å². The minimum atomic E-state index is -0.830. The van der Waals surface area contributed by atoms with Gasteiger partial charge in [0.2, 0.25) is 0 Å². The van der Waals surface area contributed by atoms with Gasteiger partial charge in [-0.2, -0.15) is 0 Å². The van der Waals surface area contributed by atoms with Crippen LogP contribution in [0.25, 0.3) is 0 Å². The quantitative estimate of drug-likeness (QED) is 0.553. The first kappa shape index (κ1) is 20.0. The van der Waals surface area contributed by atoms with E-state index in [-0.39, 0.29) is 0 Å². The van der Waals surface area contributed by atoms with Gasteiger partial charge in [-0.3, -0.25) is 0 Å². The van der Waals surface area contributed by atoms with Gasteiger partial charge in [-0.05, 0) is 68.1 Å². The molecule has 0 heterocycles. The summed E-state index contributed by atoms with van der Waals surface area (Å²) in [7, 11) is 0. The highest BCUT2D eigenvalue weighted by molar-refractivity contribution is 5.80. The molecule has 0 fully saturated rings. The second-order valence-corrected chi connectivity index (χ2v) is 7.69. The second kappa shape index (κ2) is 12.1. The van der Waals surface area contributed by atoms with E-state index in [1.165, 1.54) is 113 Å². The Morgan fingerprint density at radius 2 is 1.32 bits per heavy atom. The third kappa shape index (κ3) is 8.07. The monoisotopic (exact) mass is 344 g/mol. The van der Waals surface area contributed by atoms with Gasteiger partial charge in [0, 0.05) is 6.08 Å². The summed E-state index contributed by atoms with van der Waals surface area (Å²) in [5, 5.41) is 9.09. The molecule has 140 valence electrons. The Labute approximate surface area is 154 Å². The van der Waals surface area contributed by atoms with Gasteiger partial charge < -0.3 is 5.11 Å². The molecule has 1 N–H and O–H groups in total. The van der Waals surface area contributed by atoms with Crippen molar-refractivity contribution in [3.63, 3.8) is 0 Å². The fraction of sp³-hybridized carbons (Fsp3) is 0.696. The number of hydrogen-bond acceptors (Lipinski definition) is 1. The van der Waals surface area contributed by atoms with Gasteiger partial charge in [-0.1, -0.05) is 63.5 Å². The van der Waals surface area contributed by atoms with Crippen LogP contribution < -0.4 is 0 Å². The lowest BCUT2D eigenvalue weighted by molar-refractivity contribution is -0.131. The highest BCUT2D eigenvalue weighted by Gasteiger charge is 2.13. The van der Waals surface area contributed by atoms with Crippen molar-refractivity contribution in [3.05, 3.63) is 34.9 Å². The molecular weight excluding hydrogens is 308 g/mol. The average Bonchev–Trinajstić information content (AvgIpc) is 2.62. The standard InChI is InChI=1S/C23H36O2/c24-23(25)19-18-21-16-12-8-4-5-9-13-17-22(21)20-14-10-6-2-1-3-7-11-15-20/h14,18-19H,1-13,15-17H2,(H,24,25)/b19-18?,20-14-,22-21-. The van der Waals surface area contributed by atoms with E-state index < -0.39 is 5.97 Å². The molecule has 0 aromatic carbocycles. The van der Waals surface area contributed by atoms with E-state index in [1.807, 2.05) is 6.08 Å². The highest BCUT2D eigenvalue weighted by atomic mass is 16.4. The van der Waals surface area contributed by atoms with Crippen LogP contribution in [0.5, 0.6) is 0 Å². The molecule has 2 rings (SSSR count). The van der Waals surface area contributed by atoms with Crippen molar-refractivity contribution in [2.45, 2.75) is 103 Å². The fourth-order valence-electron chi connectivity index (χ4n) is 4.18. The lowest BCUT2D eigenvalue weighted by atomic mass is 9.86. The Kier molecular flexibility index (Phi) is 9.69. The van der Waals surface area contributed by atoms with Gasteiger partial charge in [-0.25, -0.2) is 4.79 Å². The van der Waals surface area contributed by atoms with Crippen LogP contribution in [0.3, 0.4) is 0 Å². The highest BCUT2D eigenvalue weighted by Crippen LogP contribution is 2.32. The summed E-state index contributed by atoms with van der Waals surface area (Å²) in [6, 6.07) is 0. The summed E-state index contributed by atoms with van der Waals surface area (Å²) < 4.78 is 0. The summed E-state index contributed by atoms with van der Waals surface area (Å²) in [4.78, 5) is 11.1. The smallest absolute Gasteiger partial charge is 0.328 e. The molecule has 0 radical (unpaired) electrons. The molecule has 2 aliphatic carbocycles. The van der Waals surface area contributed by atoms with E-state index in [2.05, 4.69) is 6.08 Å². The number of aliphatic carboxylic acids is 1. The zero-order chi connectivity index (χ0) is 17.7. The lowest BCUT2D eigenvalue weighted by Gasteiger charge is -2.19. The van der Waals surface area contributed by atoms with E-state index in [0.717, 1.165) is 12.8 Å². The summed E-state index contributed by atoms with van der Waals surface area (Å²) in [5.74, 6) is -0.830. The van der Waals surface area contributed by atoms with E-state index >= 15 is 0 Å². The molecule has 0 bridgehead atoms. The molecule has 0 aliphatic heterocycles. The predicted molar refractivity (Wildman–Crippen MR) is 106 cm³/mol. The molecule has 0 saturated carbocycles. The number of rotatable bonds is 3. The van der Waals surface area contributed by atoms with E-state index in [9.17, 15) is 4.79 Å². The molecule has 0 atom stereocenters. The van der Waals surface area contributed by atoms with Crippen molar-refractivity contribution >= 4 is 5.97 Å². The van der Waals surface area contributed by atoms with Crippen LogP contribution in [0.2, 0.25) is 0 Å². The zero-order valence-corrected chi connectivity index (χ0v) is 15.9. The van der Waals surface area contributed by atoms with Crippen molar-refractivity contribution in [2.24, 2.45) is 0 Å². The molecule has 0 aromatic heterocycles. The van der Waals surface area contributed by atoms with E-state index in [0.29, 0.717) is 0 Å². The molecular formula is C23H36O2. The fourth-order valence-corrected chi connectivity index (χ4v) is 4.18. The number of carboxylic acids is 1. The first-order chi connectivity index (χ1) is 12.3. The van der Waals surface area contributed by atoms with Crippen LogP contribution in [0.1, 0.15) is 103 Å². The molecule has 25 heavy (non-hydrogen) atoms. The molecule has 0 saturated heterocycles. The largest absolute Gasteiger partial charge is 0.478 e. The van der Waals surface area contributed by atoms with Gasteiger partial charge in [0.15, 0.2) is 0 Å². The van der Waals surface area contributed by atoms with Gasteiger partial charge >= 0.3 is 5.97 Å². The number of allylic oxidation sites excluding steroid dienone is 5. The molecule has 0 spiro atoms. The summed E-state index contributed by atoms with van der Waals surface area (Å²) in [5.41, 5.74) is 4.32. The topological polar surface area (TPSA) is 37.3 Å². The summed E-state index contributed by atoms with van der Waals surface area (Å²) in [6.45, 7) is 0. The predicted octanol–water partition coefficient (Wildman–Crippen LogP) is 7.12.